The van der Waals surface area contributed by atoms with Crippen LogP contribution in [0.1, 0.15) is 43.2 Å². The van der Waals surface area contributed by atoms with Gasteiger partial charge in [-0.15, -0.1) is 0 Å². The van der Waals surface area contributed by atoms with Gasteiger partial charge in [-0.05, 0) is 36.6 Å². The molecule has 1 aromatic carbocycles. The van der Waals surface area contributed by atoms with Crippen molar-refractivity contribution in [1.29, 1.82) is 0 Å². The Balaban J connectivity index is 2.41. The summed E-state index contributed by atoms with van der Waals surface area (Å²) in [6.07, 6.45) is -0.595. The molecule has 5 heteroatoms. The maximum absolute atomic E-state index is 12.7. The van der Waals surface area contributed by atoms with Gasteiger partial charge in [0.2, 0.25) is 0 Å². The molecule has 100 valence electrons. The monoisotopic (exact) mass is 322 g/mol. The van der Waals surface area contributed by atoms with Crippen LogP contribution < -0.4 is 0 Å². The quantitative estimate of drug-likeness (QED) is 0.799. The third-order valence-corrected chi connectivity index (χ3v) is 3.90. The van der Waals surface area contributed by atoms with E-state index in [0.29, 0.717) is 22.9 Å². The molecule has 0 bridgehead atoms. The smallest absolute Gasteiger partial charge is 0.385 e. The van der Waals surface area contributed by atoms with E-state index in [4.69, 9.17) is 0 Å². The second-order valence-electron chi connectivity index (χ2n) is 4.82. The van der Waals surface area contributed by atoms with E-state index in [1.807, 2.05) is 0 Å². The fourth-order valence-electron chi connectivity index (χ4n) is 2.45. The number of rotatable bonds is 1. The largest absolute Gasteiger partial charge is 0.416 e. The fraction of sp³-hybridized carbons (Fsp3) is 0.538. The number of hydrogen-bond donors (Lipinski definition) is 1. The zero-order valence-electron chi connectivity index (χ0n) is 9.73. The van der Waals surface area contributed by atoms with Crippen molar-refractivity contribution in [1.82, 2.24) is 0 Å². The number of aliphatic hydroxyl groups is 1. The summed E-state index contributed by atoms with van der Waals surface area (Å²) in [7, 11) is 0. The molecule has 0 spiro atoms. The Bertz CT molecular complexity index is 436. The lowest BCUT2D eigenvalue weighted by Crippen LogP contribution is -2.28. The van der Waals surface area contributed by atoms with E-state index < -0.39 is 17.3 Å². The van der Waals surface area contributed by atoms with Gasteiger partial charge in [-0.25, -0.2) is 0 Å². The number of hydrogen-bond acceptors (Lipinski definition) is 1. The van der Waals surface area contributed by atoms with Crippen molar-refractivity contribution in [2.45, 2.75) is 43.9 Å². The van der Waals surface area contributed by atoms with Crippen LogP contribution >= 0.6 is 15.9 Å². The summed E-state index contributed by atoms with van der Waals surface area (Å²) in [4.78, 5) is 0. The molecule has 1 aromatic rings. The third-order valence-electron chi connectivity index (χ3n) is 3.44. The maximum Gasteiger partial charge on any atom is 0.416 e. The van der Waals surface area contributed by atoms with Gasteiger partial charge in [-0.3, -0.25) is 0 Å². The minimum absolute atomic E-state index is 0.353. The summed E-state index contributed by atoms with van der Waals surface area (Å²) in [5, 5.41) is 10.5. The first-order valence-corrected chi connectivity index (χ1v) is 6.71. The van der Waals surface area contributed by atoms with Gasteiger partial charge in [0.15, 0.2) is 0 Å². The summed E-state index contributed by atoms with van der Waals surface area (Å²) < 4.78 is 38.6. The molecule has 0 unspecified atom stereocenters. The standard InChI is InChI=1S/C13H14BrF3O/c14-11-7-9(6-10(8-11)13(15,16)17)12(18)4-2-1-3-5-12/h6-8,18H,1-5H2. The summed E-state index contributed by atoms with van der Waals surface area (Å²) in [5.74, 6) is 0. The minimum atomic E-state index is -4.39. The van der Waals surface area contributed by atoms with Crippen molar-refractivity contribution in [3.63, 3.8) is 0 Å². The van der Waals surface area contributed by atoms with E-state index in [1.165, 1.54) is 0 Å². The van der Waals surface area contributed by atoms with Crippen LogP contribution in [0.15, 0.2) is 22.7 Å². The summed E-state index contributed by atoms with van der Waals surface area (Å²) in [6.45, 7) is 0. The highest BCUT2D eigenvalue weighted by Crippen LogP contribution is 2.40. The van der Waals surface area contributed by atoms with Gasteiger partial charge in [0.05, 0.1) is 11.2 Å². The molecule has 0 amide bonds. The highest BCUT2D eigenvalue weighted by atomic mass is 79.9. The molecule has 1 N–H and O–H groups in total. The van der Waals surface area contributed by atoms with Crippen molar-refractivity contribution >= 4 is 15.9 Å². The van der Waals surface area contributed by atoms with Crippen molar-refractivity contribution in [3.8, 4) is 0 Å². The molecule has 0 saturated heterocycles. The van der Waals surface area contributed by atoms with Crippen LogP contribution in [0.3, 0.4) is 0 Å². The minimum Gasteiger partial charge on any atom is -0.385 e. The van der Waals surface area contributed by atoms with Crippen molar-refractivity contribution in [2.24, 2.45) is 0 Å². The first-order valence-electron chi connectivity index (χ1n) is 5.92. The molecule has 2 rings (SSSR count). The summed E-state index contributed by atoms with van der Waals surface area (Å²) in [6, 6.07) is 3.69. The van der Waals surface area contributed by atoms with Crippen molar-refractivity contribution in [3.05, 3.63) is 33.8 Å². The number of alkyl halides is 3. The first-order chi connectivity index (χ1) is 8.31. The fourth-order valence-corrected chi connectivity index (χ4v) is 2.94. The van der Waals surface area contributed by atoms with E-state index in [1.54, 1.807) is 6.07 Å². The topological polar surface area (TPSA) is 20.2 Å². The molecule has 1 aliphatic rings. The molecule has 0 aliphatic heterocycles. The molecule has 0 heterocycles. The Morgan fingerprint density at radius 1 is 1.06 bits per heavy atom. The van der Waals surface area contributed by atoms with Gasteiger partial charge in [0.25, 0.3) is 0 Å². The second-order valence-corrected chi connectivity index (χ2v) is 5.73. The van der Waals surface area contributed by atoms with Gasteiger partial charge in [-0.1, -0.05) is 35.2 Å². The van der Waals surface area contributed by atoms with E-state index >= 15 is 0 Å². The van der Waals surface area contributed by atoms with Crippen molar-refractivity contribution in [2.75, 3.05) is 0 Å². The number of halogens is 4. The summed E-state index contributed by atoms with van der Waals surface area (Å²) >= 11 is 3.09. The van der Waals surface area contributed by atoms with Crippen LogP contribution in [0.4, 0.5) is 13.2 Å². The lowest BCUT2D eigenvalue weighted by Gasteiger charge is -2.33. The Morgan fingerprint density at radius 2 is 1.67 bits per heavy atom. The zero-order chi connectivity index (χ0) is 13.4. The van der Waals surface area contributed by atoms with Crippen LogP contribution in [-0.4, -0.2) is 5.11 Å². The van der Waals surface area contributed by atoms with E-state index in [2.05, 4.69) is 15.9 Å². The summed E-state index contributed by atoms with van der Waals surface area (Å²) in [5.41, 5.74) is -1.46. The highest BCUT2D eigenvalue weighted by molar-refractivity contribution is 9.10. The van der Waals surface area contributed by atoms with Crippen molar-refractivity contribution < 1.29 is 18.3 Å². The SMILES string of the molecule is OC1(c2cc(Br)cc(C(F)(F)F)c2)CCCCC1. The Hall–Kier alpha value is -0.550. The number of benzene rings is 1. The van der Waals surface area contributed by atoms with Crippen LogP contribution in [0.25, 0.3) is 0 Å². The Kier molecular flexibility index (Phi) is 3.74. The highest BCUT2D eigenvalue weighted by Gasteiger charge is 2.36. The van der Waals surface area contributed by atoms with Crippen LogP contribution in [0, 0.1) is 0 Å². The predicted octanol–water partition coefficient (Wildman–Crippen LogP) is 4.62. The second kappa shape index (κ2) is 4.85. The molecule has 18 heavy (non-hydrogen) atoms. The average Bonchev–Trinajstić information content (AvgIpc) is 2.28. The first kappa shape index (κ1) is 13.9. The molecule has 1 aliphatic carbocycles. The molecule has 0 aromatic heterocycles. The molecule has 1 fully saturated rings. The van der Waals surface area contributed by atoms with Gasteiger partial charge in [-0.2, -0.15) is 13.2 Å². The normalized spacial score (nSPS) is 19.8. The molecular formula is C13H14BrF3O. The molecular weight excluding hydrogens is 309 g/mol. The molecule has 0 atom stereocenters. The van der Waals surface area contributed by atoms with Gasteiger partial charge in [0.1, 0.15) is 0 Å². The maximum atomic E-state index is 12.7. The Labute approximate surface area is 112 Å². The van der Waals surface area contributed by atoms with E-state index in [0.717, 1.165) is 31.4 Å². The van der Waals surface area contributed by atoms with Crippen LogP contribution in [0.2, 0.25) is 0 Å². The zero-order valence-corrected chi connectivity index (χ0v) is 11.3. The lowest BCUT2D eigenvalue weighted by atomic mass is 9.79. The van der Waals surface area contributed by atoms with Gasteiger partial charge < -0.3 is 5.11 Å². The molecule has 1 saturated carbocycles. The van der Waals surface area contributed by atoms with Gasteiger partial charge >= 0.3 is 6.18 Å². The lowest BCUT2D eigenvalue weighted by molar-refractivity contribution is -0.137. The average molecular weight is 323 g/mol. The third kappa shape index (κ3) is 2.88. The predicted molar refractivity (Wildman–Crippen MR) is 66.1 cm³/mol. The van der Waals surface area contributed by atoms with Crippen LogP contribution in [-0.2, 0) is 11.8 Å². The van der Waals surface area contributed by atoms with E-state index in [9.17, 15) is 18.3 Å². The Morgan fingerprint density at radius 3 is 2.22 bits per heavy atom. The van der Waals surface area contributed by atoms with Gasteiger partial charge in [0, 0.05) is 4.47 Å². The van der Waals surface area contributed by atoms with E-state index in [-0.39, 0.29) is 0 Å². The van der Waals surface area contributed by atoms with Crippen LogP contribution in [0.5, 0.6) is 0 Å². The molecule has 0 radical (unpaired) electrons. The molecule has 1 nitrogen and oxygen atoms in total.